The molecular weight excluding hydrogens is 242 g/mol. The van der Waals surface area contributed by atoms with Crippen LogP contribution in [-0.4, -0.2) is 27.8 Å². The molecule has 1 aromatic carbocycles. The van der Waals surface area contributed by atoms with E-state index in [4.69, 9.17) is 5.11 Å². The summed E-state index contributed by atoms with van der Waals surface area (Å²) in [6.45, 7) is 2.32. The van der Waals surface area contributed by atoms with Crippen molar-refractivity contribution in [1.29, 1.82) is 0 Å². The van der Waals surface area contributed by atoms with E-state index < -0.39 is 11.4 Å². The zero-order chi connectivity index (χ0) is 13.5. The van der Waals surface area contributed by atoms with Gasteiger partial charge in [0, 0.05) is 17.3 Å². The number of aliphatic carboxylic acids is 1. The Morgan fingerprint density at radius 1 is 1.32 bits per heavy atom. The molecule has 0 spiro atoms. The van der Waals surface area contributed by atoms with E-state index in [-0.39, 0.29) is 0 Å². The van der Waals surface area contributed by atoms with Gasteiger partial charge in [0.05, 0.1) is 11.1 Å². The number of hydrogen-bond acceptors (Lipinski definition) is 4. The third-order valence-corrected chi connectivity index (χ3v) is 3.77. The number of rotatable bonds is 4. The number of aryl methyl sites for hydroxylation is 1. The molecule has 98 valence electrons. The summed E-state index contributed by atoms with van der Waals surface area (Å²) in [5.74, 6) is -0.0712. The summed E-state index contributed by atoms with van der Waals surface area (Å²) in [7, 11) is 0. The van der Waals surface area contributed by atoms with Crippen molar-refractivity contribution < 1.29 is 9.90 Å². The fourth-order valence-electron chi connectivity index (χ4n) is 2.24. The van der Waals surface area contributed by atoms with E-state index >= 15 is 0 Å². The van der Waals surface area contributed by atoms with E-state index in [2.05, 4.69) is 15.5 Å². The van der Waals surface area contributed by atoms with Crippen LogP contribution in [0.5, 0.6) is 0 Å². The summed E-state index contributed by atoms with van der Waals surface area (Å²) in [5.41, 5.74) is 0.272. The third kappa shape index (κ3) is 2.01. The van der Waals surface area contributed by atoms with Gasteiger partial charge >= 0.3 is 5.97 Å². The lowest BCUT2D eigenvalue weighted by molar-refractivity contribution is -0.142. The summed E-state index contributed by atoms with van der Waals surface area (Å²) in [5, 5.41) is 22.6. The van der Waals surface area contributed by atoms with Gasteiger partial charge in [-0.25, -0.2) is 0 Å². The Kier molecular flexibility index (Phi) is 2.62. The molecule has 1 saturated carbocycles. The Balaban J connectivity index is 1.90. The first-order chi connectivity index (χ1) is 9.12. The van der Waals surface area contributed by atoms with Crippen LogP contribution < -0.4 is 5.32 Å². The zero-order valence-corrected chi connectivity index (χ0v) is 10.7. The molecule has 0 bridgehead atoms. The van der Waals surface area contributed by atoms with Crippen LogP contribution in [0.25, 0.3) is 10.8 Å². The van der Waals surface area contributed by atoms with E-state index in [0.29, 0.717) is 12.4 Å². The molecule has 5 heteroatoms. The van der Waals surface area contributed by atoms with E-state index in [9.17, 15) is 4.79 Å². The zero-order valence-electron chi connectivity index (χ0n) is 10.7. The van der Waals surface area contributed by atoms with Gasteiger partial charge in [-0.15, -0.1) is 5.10 Å². The molecule has 0 aliphatic heterocycles. The number of carboxylic acids is 1. The van der Waals surface area contributed by atoms with Crippen molar-refractivity contribution >= 4 is 22.6 Å². The van der Waals surface area contributed by atoms with Gasteiger partial charge in [-0.1, -0.05) is 24.3 Å². The van der Waals surface area contributed by atoms with Gasteiger partial charge in [0.2, 0.25) is 0 Å². The van der Waals surface area contributed by atoms with Crippen molar-refractivity contribution in [2.45, 2.75) is 19.8 Å². The lowest BCUT2D eigenvalue weighted by Crippen LogP contribution is -2.24. The normalized spacial score (nSPS) is 16.3. The van der Waals surface area contributed by atoms with Crippen LogP contribution in [0.1, 0.15) is 18.5 Å². The van der Waals surface area contributed by atoms with Crippen molar-refractivity contribution in [1.82, 2.24) is 10.2 Å². The fourth-order valence-corrected chi connectivity index (χ4v) is 2.24. The highest BCUT2D eigenvalue weighted by Crippen LogP contribution is 2.45. The SMILES string of the molecule is Cc1nnc(NCC2(C(=O)O)CC2)c2ccccc12. The van der Waals surface area contributed by atoms with Crippen LogP contribution in [0.15, 0.2) is 24.3 Å². The summed E-state index contributed by atoms with van der Waals surface area (Å²) in [6, 6.07) is 7.87. The largest absolute Gasteiger partial charge is 0.481 e. The fraction of sp³-hybridized carbons (Fsp3) is 0.357. The maximum Gasteiger partial charge on any atom is 0.311 e. The number of carboxylic acid groups (broad SMARTS) is 1. The number of anilines is 1. The first-order valence-electron chi connectivity index (χ1n) is 6.32. The number of carbonyl (C=O) groups is 1. The quantitative estimate of drug-likeness (QED) is 0.878. The minimum absolute atomic E-state index is 0.407. The van der Waals surface area contributed by atoms with Gasteiger partial charge in [0.25, 0.3) is 0 Å². The maximum absolute atomic E-state index is 11.1. The van der Waals surface area contributed by atoms with Gasteiger partial charge in [-0.05, 0) is 19.8 Å². The predicted molar refractivity (Wildman–Crippen MR) is 72.1 cm³/mol. The number of nitrogens with zero attached hydrogens (tertiary/aromatic N) is 2. The molecule has 1 heterocycles. The smallest absolute Gasteiger partial charge is 0.311 e. The van der Waals surface area contributed by atoms with Crippen LogP contribution in [0.4, 0.5) is 5.82 Å². The summed E-state index contributed by atoms with van der Waals surface area (Å²) < 4.78 is 0. The average Bonchev–Trinajstić information content (AvgIpc) is 3.20. The number of fused-ring (bicyclic) bond motifs is 1. The molecule has 19 heavy (non-hydrogen) atoms. The Morgan fingerprint density at radius 2 is 2.00 bits per heavy atom. The van der Waals surface area contributed by atoms with E-state index in [1.54, 1.807) is 0 Å². The second-order valence-electron chi connectivity index (χ2n) is 5.12. The first kappa shape index (κ1) is 11.9. The van der Waals surface area contributed by atoms with Crippen molar-refractivity contribution in [3.8, 4) is 0 Å². The summed E-state index contributed by atoms with van der Waals surface area (Å²) in [6.07, 6.45) is 1.46. The van der Waals surface area contributed by atoms with Gasteiger partial charge in [0.1, 0.15) is 0 Å². The summed E-state index contributed by atoms with van der Waals surface area (Å²) >= 11 is 0. The molecule has 2 N–H and O–H groups in total. The molecule has 1 fully saturated rings. The molecule has 3 rings (SSSR count). The van der Waals surface area contributed by atoms with Crippen LogP contribution in [-0.2, 0) is 4.79 Å². The van der Waals surface area contributed by atoms with Crippen LogP contribution in [0.3, 0.4) is 0 Å². The highest BCUT2D eigenvalue weighted by Gasteiger charge is 2.50. The Morgan fingerprint density at radius 3 is 2.63 bits per heavy atom. The maximum atomic E-state index is 11.1. The van der Waals surface area contributed by atoms with Gasteiger partial charge in [-0.2, -0.15) is 5.10 Å². The molecule has 0 amide bonds. The van der Waals surface area contributed by atoms with Crippen LogP contribution in [0.2, 0.25) is 0 Å². The lowest BCUT2D eigenvalue weighted by atomic mass is 10.1. The van der Waals surface area contributed by atoms with Crippen molar-refractivity contribution in [3.63, 3.8) is 0 Å². The van der Waals surface area contributed by atoms with Crippen LogP contribution in [0, 0.1) is 12.3 Å². The van der Waals surface area contributed by atoms with Crippen molar-refractivity contribution in [2.24, 2.45) is 5.41 Å². The second kappa shape index (κ2) is 4.19. The lowest BCUT2D eigenvalue weighted by Gasteiger charge is -2.13. The molecular formula is C14H15N3O2. The second-order valence-corrected chi connectivity index (χ2v) is 5.12. The molecule has 1 aliphatic carbocycles. The number of aromatic nitrogens is 2. The molecule has 0 saturated heterocycles. The van der Waals surface area contributed by atoms with Crippen LogP contribution >= 0.6 is 0 Å². The Bertz CT molecular complexity index is 650. The minimum Gasteiger partial charge on any atom is -0.481 e. The van der Waals surface area contributed by atoms with E-state index in [0.717, 1.165) is 29.3 Å². The molecule has 0 atom stereocenters. The van der Waals surface area contributed by atoms with Crippen molar-refractivity contribution in [3.05, 3.63) is 30.0 Å². The molecule has 0 unspecified atom stereocenters. The number of nitrogens with one attached hydrogen (secondary N) is 1. The van der Waals surface area contributed by atoms with Gasteiger partial charge in [-0.3, -0.25) is 4.79 Å². The number of benzene rings is 1. The molecule has 1 aromatic heterocycles. The highest BCUT2D eigenvalue weighted by atomic mass is 16.4. The first-order valence-corrected chi connectivity index (χ1v) is 6.32. The minimum atomic E-state index is -0.732. The van der Waals surface area contributed by atoms with Gasteiger partial charge in [0.15, 0.2) is 5.82 Å². The summed E-state index contributed by atoms with van der Waals surface area (Å²) in [4.78, 5) is 11.1. The Labute approximate surface area is 110 Å². The van der Waals surface area contributed by atoms with Gasteiger partial charge < -0.3 is 10.4 Å². The monoisotopic (exact) mass is 257 g/mol. The number of hydrogen-bond donors (Lipinski definition) is 2. The van der Waals surface area contributed by atoms with E-state index in [1.807, 2.05) is 31.2 Å². The highest BCUT2D eigenvalue weighted by molar-refractivity contribution is 5.93. The topological polar surface area (TPSA) is 75.1 Å². The molecule has 1 aliphatic rings. The standard InChI is InChI=1S/C14H15N3O2/c1-9-10-4-2-3-5-11(10)12(17-16-9)15-8-14(6-7-14)13(18)19/h2-5H,6-8H2,1H3,(H,15,17)(H,18,19). The predicted octanol–water partition coefficient (Wildman–Crippen LogP) is 2.21. The average molecular weight is 257 g/mol. The molecule has 0 radical (unpaired) electrons. The van der Waals surface area contributed by atoms with E-state index in [1.165, 1.54) is 0 Å². The Hall–Kier alpha value is -2.17. The van der Waals surface area contributed by atoms with Crippen molar-refractivity contribution in [2.75, 3.05) is 11.9 Å². The third-order valence-electron chi connectivity index (χ3n) is 3.77. The molecule has 2 aromatic rings. The molecule has 5 nitrogen and oxygen atoms in total.